The number of rotatable bonds is 9. The lowest BCUT2D eigenvalue weighted by atomic mass is 9.81. The van der Waals surface area contributed by atoms with Crippen molar-refractivity contribution in [1.29, 1.82) is 0 Å². The third-order valence-electron chi connectivity index (χ3n) is 8.24. The van der Waals surface area contributed by atoms with E-state index in [4.69, 9.17) is 5.14 Å². The van der Waals surface area contributed by atoms with Gasteiger partial charge in [0, 0.05) is 34.5 Å². The smallest absolute Gasteiger partial charge is 0.370 e. The number of benzene rings is 3. The van der Waals surface area contributed by atoms with Gasteiger partial charge < -0.3 is 14.6 Å². The summed E-state index contributed by atoms with van der Waals surface area (Å²) in [6, 6.07) is 21.0. The van der Waals surface area contributed by atoms with E-state index in [0.29, 0.717) is 22.6 Å². The van der Waals surface area contributed by atoms with E-state index in [9.17, 15) is 31.3 Å². The molecular formula is C33H33N3O7S2. The molecule has 3 aromatic carbocycles. The predicted octanol–water partition coefficient (Wildman–Crippen LogP) is 4.45. The van der Waals surface area contributed by atoms with Crippen LogP contribution >= 0.6 is 0 Å². The summed E-state index contributed by atoms with van der Waals surface area (Å²) in [6.07, 6.45) is 8.72. The van der Waals surface area contributed by atoms with Crippen LogP contribution in [-0.4, -0.2) is 55.0 Å². The molecule has 0 aromatic heterocycles. The summed E-state index contributed by atoms with van der Waals surface area (Å²) in [4.78, 5) is 13.3. The number of nitrogens with two attached hydrogens (primary N) is 1. The Morgan fingerprint density at radius 2 is 1.60 bits per heavy atom. The Balaban J connectivity index is 1.61. The second kappa shape index (κ2) is 11.5. The van der Waals surface area contributed by atoms with E-state index in [1.807, 2.05) is 74.5 Å². The summed E-state index contributed by atoms with van der Waals surface area (Å²) < 4.78 is 62.9. The number of allylic oxidation sites excluding steroid dienone is 6. The number of aliphatic carboxylic acids is 1. The zero-order valence-corrected chi connectivity index (χ0v) is 26.5. The number of nitrogens with zero attached hydrogens (tertiary/aromatic N) is 2. The molecule has 45 heavy (non-hydrogen) atoms. The third-order valence-corrected chi connectivity index (χ3v) is 10.1. The van der Waals surface area contributed by atoms with E-state index in [-0.39, 0.29) is 11.4 Å². The van der Waals surface area contributed by atoms with Gasteiger partial charge in [0.05, 0.1) is 31.9 Å². The molecule has 3 aromatic rings. The van der Waals surface area contributed by atoms with Crippen LogP contribution in [0.15, 0.2) is 114 Å². The highest BCUT2D eigenvalue weighted by atomic mass is 32.2. The minimum absolute atomic E-state index is 0.202. The maximum atomic E-state index is 12.2. The van der Waals surface area contributed by atoms with Crippen LogP contribution in [0.25, 0.3) is 0 Å². The minimum Gasteiger partial charge on any atom is -0.748 e. The number of para-hydroxylation sites is 2. The van der Waals surface area contributed by atoms with Gasteiger partial charge in [-0.25, -0.2) is 26.8 Å². The van der Waals surface area contributed by atoms with Crippen molar-refractivity contribution < 1.29 is 35.9 Å². The van der Waals surface area contributed by atoms with Crippen LogP contribution < -0.4 is 10.0 Å². The Kier molecular flexibility index (Phi) is 8.21. The van der Waals surface area contributed by atoms with E-state index in [1.165, 1.54) is 12.1 Å². The monoisotopic (exact) mass is 647 g/mol. The fourth-order valence-corrected chi connectivity index (χ4v) is 7.82. The van der Waals surface area contributed by atoms with E-state index in [1.54, 1.807) is 46.8 Å². The van der Waals surface area contributed by atoms with Crippen LogP contribution in [0.3, 0.4) is 0 Å². The van der Waals surface area contributed by atoms with Crippen molar-refractivity contribution >= 4 is 48.9 Å². The average molecular weight is 648 g/mol. The van der Waals surface area contributed by atoms with Crippen molar-refractivity contribution in [3.8, 4) is 0 Å². The number of anilines is 2. The second-order valence-corrected chi connectivity index (χ2v) is 14.7. The highest BCUT2D eigenvalue weighted by Gasteiger charge is 2.46. The van der Waals surface area contributed by atoms with Gasteiger partial charge in [-0.2, -0.15) is 4.58 Å². The van der Waals surface area contributed by atoms with Crippen LogP contribution in [0, 0.1) is 0 Å². The molecule has 0 saturated carbocycles. The minimum atomic E-state index is -4.79. The number of carboxylic acid groups (broad SMARTS) is 1. The van der Waals surface area contributed by atoms with Crippen LogP contribution in [-0.2, 0) is 35.8 Å². The lowest BCUT2D eigenvalue weighted by molar-refractivity contribution is -0.428. The van der Waals surface area contributed by atoms with Gasteiger partial charge in [0.25, 0.3) is 0 Å². The van der Waals surface area contributed by atoms with Crippen molar-refractivity contribution in [2.24, 2.45) is 5.14 Å². The summed E-state index contributed by atoms with van der Waals surface area (Å²) in [5.41, 5.74) is 2.69. The molecule has 0 bridgehead atoms. The molecule has 0 amide bonds. The Morgan fingerprint density at radius 1 is 0.933 bits per heavy atom. The summed E-state index contributed by atoms with van der Waals surface area (Å²) in [6.45, 7) is 5.43. The quantitative estimate of drug-likeness (QED) is 0.196. The SMILES string of the molecule is CC1(C)C(/C=C/C=C/C=C2/N(c3ccccc3)c3ccc(S(N)(=O)=O)cc3C2(C)CS(=O)(=O)[O-])=[N+](CC(=O)O)c2ccccc21. The molecule has 0 saturated heterocycles. The highest BCUT2D eigenvalue weighted by molar-refractivity contribution is 7.89. The maximum Gasteiger partial charge on any atom is 0.370 e. The molecule has 10 nitrogen and oxygen atoms in total. The van der Waals surface area contributed by atoms with E-state index in [2.05, 4.69) is 0 Å². The maximum absolute atomic E-state index is 12.2. The first-order valence-corrected chi connectivity index (χ1v) is 17.1. The van der Waals surface area contributed by atoms with Gasteiger partial charge in [-0.1, -0.05) is 54.6 Å². The number of carbonyl (C=O) groups is 1. The molecule has 234 valence electrons. The normalized spacial score (nSPS) is 20.4. The van der Waals surface area contributed by atoms with Crippen molar-refractivity contribution in [1.82, 2.24) is 0 Å². The van der Waals surface area contributed by atoms with Crippen molar-refractivity contribution in [2.45, 2.75) is 36.5 Å². The molecular weight excluding hydrogens is 615 g/mol. The molecule has 3 N–H and O–H groups in total. The van der Waals surface area contributed by atoms with Gasteiger partial charge in [0.1, 0.15) is 0 Å². The summed E-state index contributed by atoms with van der Waals surface area (Å²) in [7, 11) is -8.91. The fraction of sp³-hybridized carbons (Fsp3) is 0.212. The predicted molar refractivity (Wildman–Crippen MR) is 172 cm³/mol. The molecule has 0 fully saturated rings. The largest absolute Gasteiger partial charge is 0.748 e. The molecule has 1 atom stereocenters. The molecule has 0 radical (unpaired) electrons. The second-order valence-electron chi connectivity index (χ2n) is 11.7. The first kappa shape index (κ1) is 32.0. The Bertz CT molecular complexity index is 2030. The van der Waals surface area contributed by atoms with Gasteiger partial charge in [0.2, 0.25) is 22.3 Å². The molecule has 0 spiro atoms. The summed E-state index contributed by atoms with van der Waals surface area (Å²) in [5.74, 6) is -1.79. The van der Waals surface area contributed by atoms with Crippen molar-refractivity contribution in [3.05, 3.63) is 120 Å². The number of sulfonamides is 1. The Hall–Kier alpha value is -4.36. The molecule has 0 aliphatic carbocycles. The Morgan fingerprint density at radius 3 is 2.24 bits per heavy atom. The lowest BCUT2D eigenvalue weighted by Crippen LogP contribution is -2.34. The van der Waals surface area contributed by atoms with Crippen molar-refractivity contribution in [3.63, 3.8) is 0 Å². The van der Waals surface area contributed by atoms with Gasteiger partial charge in [0.15, 0.2) is 5.71 Å². The zero-order chi connectivity index (χ0) is 32.8. The van der Waals surface area contributed by atoms with Gasteiger partial charge in [-0.3, -0.25) is 0 Å². The first-order chi connectivity index (χ1) is 21.0. The fourth-order valence-electron chi connectivity index (χ4n) is 6.27. The molecule has 1 unspecified atom stereocenters. The highest BCUT2D eigenvalue weighted by Crippen LogP contribution is 2.52. The van der Waals surface area contributed by atoms with Gasteiger partial charge >= 0.3 is 5.97 Å². The van der Waals surface area contributed by atoms with Crippen molar-refractivity contribution in [2.75, 3.05) is 17.2 Å². The van der Waals surface area contributed by atoms with Gasteiger partial charge in [-0.05, 0) is 62.7 Å². The number of primary sulfonamides is 1. The van der Waals surface area contributed by atoms with Crippen LogP contribution in [0.1, 0.15) is 31.9 Å². The molecule has 2 heterocycles. The standard InChI is InChI=1S/C33H33N3O7S2/c1-32(2)25-14-10-11-15-27(25)35(21-31(37)38)29(32)16-8-5-9-17-30-33(3,22-44(39,40)41)26-20-24(45(34,42)43)18-19-28(26)36(30)23-12-6-4-7-13-23/h4-20H,21-22H2,1-3H3,(H3-,34,37,38,39,40,41,42,43). The van der Waals surface area contributed by atoms with Crippen LogP contribution in [0.4, 0.5) is 17.1 Å². The number of carboxylic acids is 1. The first-order valence-electron chi connectivity index (χ1n) is 14.0. The van der Waals surface area contributed by atoms with Gasteiger partial charge in [-0.15, -0.1) is 0 Å². The third kappa shape index (κ3) is 6.14. The number of hydrogen-bond acceptors (Lipinski definition) is 7. The zero-order valence-electron chi connectivity index (χ0n) is 24.9. The van der Waals surface area contributed by atoms with E-state index < -0.39 is 42.7 Å². The summed E-state index contributed by atoms with van der Waals surface area (Å²) in [5, 5.41) is 15.0. The number of fused-ring (bicyclic) bond motifs is 2. The topological polar surface area (TPSA) is 161 Å². The molecule has 2 aliphatic heterocycles. The number of hydrogen-bond donors (Lipinski definition) is 2. The van der Waals surface area contributed by atoms with E-state index >= 15 is 0 Å². The van der Waals surface area contributed by atoms with Crippen LogP contribution in [0.5, 0.6) is 0 Å². The van der Waals surface area contributed by atoms with Crippen LogP contribution in [0.2, 0.25) is 0 Å². The summed E-state index contributed by atoms with van der Waals surface area (Å²) >= 11 is 0. The lowest BCUT2D eigenvalue weighted by Gasteiger charge is -2.31. The average Bonchev–Trinajstić information content (AvgIpc) is 3.31. The molecule has 2 aliphatic rings. The Labute approximate surface area is 262 Å². The van der Waals surface area contributed by atoms with E-state index in [0.717, 1.165) is 17.0 Å². The molecule has 5 rings (SSSR count). The molecule has 12 heteroatoms.